The third-order valence-electron chi connectivity index (χ3n) is 2.74. The van der Waals surface area contributed by atoms with Crippen molar-refractivity contribution in [2.24, 2.45) is 5.41 Å². The maximum absolute atomic E-state index is 11.7. The number of nitrogen functional groups attached to an aromatic ring is 2. The Kier molecular flexibility index (Phi) is 2.76. The number of rotatable bonds is 2. The lowest BCUT2D eigenvalue weighted by Gasteiger charge is -2.18. The fourth-order valence-corrected chi connectivity index (χ4v) is 1.71. The lowest BCUT2D eigenvalue weighted by atomic mass is 9.92. The number of hydrogen-bond acceptors (Lipinski definition) is 5. The van der Waals surface area contributed by atoms with Crippen molar-refractivity contribution in [3.63, 3.8) is 0 Å². The van der Waals surface area contributed by atoms with Crippen LogP contribution < -0.4 is 17.0 Å². The number of aromatic nitrogens is 4. The monoisotopic (exact) mass is 250 g/mol. The molecule has 2 rings (SSSR count). The van der Waals surface area contributed by atoms with Crippen LogP contribution in [0.2, 0.25) is 0 Å². The van der Waals surface area contributed by atoms with Crippen molar-refractivity contribution in [2.75, 3.05) is 11.5 Å². The van der Waals surface area contributed by atoms with Crippen LogP contribution in [0.1, 0.15) is 27.2 Å². The van der Waals surface area contributed by atoms with E-state index >= 15 is 0 Å². The van der Waals surface area contributed by atoms with Crippen LogP contribution in [0.4, 0.5) is 11.9 Å². The highest BCUT2D eigenvalue weighted by atomic mass is 16.1. The van der Waals surface area contributed by atoms with Gasteiger partial charge in [0.15, 0.2) is 11.2 Å². The minimum atomic E-state index is -0.362. The van der Waals surface area contributed by atoms with E-state index in [1.54, 1.807) is 4.57 Å². The van der Waals surface area contributed by atoms with Crippen molar-refractivity contribution in [3.8, 4) is 0 Å². The molecule has 5 N–H and O–H groups in total. The van der Waals surface area contributed by atoms with Crippen LogP contribution in [0.25, 0.3) is 11.2 Å². The molecule has 2 aromatic heterocycles. The predicted octanol–water partition coefficient (Wildman–Crippen LogP) is 0.720. The number of hydrogen-bond donors (Lipinski definition) is 3. The molecule has 2 heterocycles. The Bertz CT molecular complexity index is 633. The van der Waals surface area contributed by atoms with E-state index in [1.165, 1.54) is 0 Å². The van der Waals surface area contributed by atoms with Gasteiger partial charge in [0, 0.05) is 6.54 Å². The maximum Gasteiger partial charge on any atom is 0.280 e. The molecule has 7 nitrogen and oxygen atoms in total. The van der Waals surface area contributed by atoms with Gasteiger partial charge in [-0.1, -0.05) is 20.8 Å². The lowest BCUT2D eigenvalue weighted by molar-refractivity contribution is 0.353. The van der Waals surface area contributed by atoms with Gasteiger partial charge in [0.05, 0.1) is 0 Å². The zero-order chi connectivity index (χ0) is 13.5. The van der Waals surface area contributed by atoms with Crippen molar-refractivity contribution >= 4 is 23.1 Å². The summed E-state index contributed by atoms with van der Waals surface area (Å²) >= 11 is 0. The summed E-state index contributed by atoms with van der Waals surface area (Å²) in [6, 6.07) is 0. The quantitative estimate of drug-likeness (QED) is 0.726. The Balaban J connectivity index is 2.50. The van der Waals surface area contributed by atoms with Gasteiger partial charge in [-0.3, -0.25) is 14.3 Å². The number of imidazole rings is 1. The average molecular weight is 250 g/mol. The molecule has 0 aliphatic heterocycles. The zero-order valence-electron chi connectivity index (χ0n) is 10.8. The molecule has 18 heavy (non-hydrogen) atoms. The highest BCUT2D eigenvalue weighted by molar-refractivity contribution is 5.73. The Morgan fingerprint density at radius 1 is 1.28 bits per heavy atom. The molecule has 0 fully saturated rings. The summed E-state index contributed by atoms with van der Waals surface area (Å²) in [4.78, 5) is 22.2. The second-order valence-corrected chi connectivity index (χ2v) is 5.56. The molecule has 7 heteroatoms. The average Bonchev–Trinajstić information content (AvgIpc) is 2.51. The third kappa shape index (κ3) is 2.29. The van der Waals surface area contributed by atoms with E-state index in [1.807, 2.05) is 0 Å². The SMILES string of the molecule is CC(C)(C)CCn1c(N)nc2c(=O)[nH]c(N)nc21. The van der Waals surface area contributed by atoms with E-state index in [2.05, 4.69) is 35.7 Å². The van der Waals surface area contributed by atoms with Gasteiger partial charge in [-0.15, -0.1) is 0 Å². The van der Waals surface area contributed by atoms with Gasteiger partial charge in [0.2, 0.25) is 11.9 Å². The van der Waals surface area contributed by atoms with Gasteiger partial charge in [0.25, 0.3) is 5.56 Å². The van der Waals surface area contributed by atoms with E-state index in [0.29, 0.717) is 12.2 Å². The van der Waals surface area contributed by atoms with Crippen molar-refractivity contribution in [1.82, 2.24) is 19.5 Å². The molecule has 98 valence electrons. The van der Waals surface area contributed by atoms with Crippen molar-refractivity contribution < 1.29 is 0 Å². The number of aryl methyl sites for hydroxylation is 1. The Morgan fingerprint density at radius 2 is 1.94 bits per heavy atom. The van der Waals surface area contributed by atoms with Gasteiger partial charge in [-0.25, -0.2) is 4.98 Å². The summed E-state index contributed by atoms with van der Waals surface area (Å²) in [6.45, 7) is 7.06. The summed E-state index contributed by atoms with van der Waals surface area (Å²) in [6.07, 6.45) is 0.900. The molecule has 0 atom stereocenters. The second kappa shape index (κ2) is 4.01. The van der Waals surface area contributed by atoms with Crippen molar-refractivity contribution in [2.45, 2.75) is 33.7 Å². The summed E-state index contributed by atoms with van der Waals surface area (Å²) in [5, 5.41) is 0. The molecule has 0 aliphatic rings. The molecule has 0 aromatic carbocycles. The van der Waals surface area contributed by atoms with Gasteiger partial charge < -0.3 is 11.5 Å². The zero-order valence-corrected chi connectivity index (χ0v) is 10.8. The van der Waals surface area contributed by atoms with E-state index in [4.69, 9.17) is 11.5 Å². The van der Waals surface area contributed by atoms with Crippen LogP contribution in [0.3, 0.4) is 0 Å². The van der Waals surface area contributed by atoms with Crippen LogP contribution in [0.5, 0.6) is 0 Å². The first kappa shape index (κ1) is 12.4. The fraction of sp³-hybridized carbons (Fsp3) is 0.545. The molecule has 0 radical (unpaired) electrons. The maximum atomic E-state index is 11.7. The van der Waals surface area contributed by atoms with Gasteiger partial charge >= 0.3 is 0 Å². The highest BCUT2D eigenvalue weighted by Gasteiger charge is 2.16. The minimum absolute atomic E-state index is 0.0735. The number of fused-ring (bicyclic) bond motifs is 1. The number of nitrogens with zero attached hydrogens (tertiary/aromatic N) is 3. The number of nitrogens with two attached hydrogens (primary N) is 2. The number of nitrogens with one attached hydrogen (secondary N) is 1. The smallest absolute Gasteiger partial charge is 0.280 e. The molecule has 0 spiro atoms. The summed E-state index contributed by atoms with van der Waals surface area (Å²) in [5.74, 6) is 0.363. The van der Waals surface area contributed by atoms with Crippen LogP contribution >= 0.6 is 0 Å². The third-order valence-corrected chi connectivity index (χ3v) is 2.74. The van der Waals surface area contributed by atoms with E-state index < -0.39 is 0 Å². The topological polar surface area (TPSA) is 116 Å². The molecule has 0 saturated heterocycles. The normalized spacial score (nSPS) is 12.2. The largest absolute Gasteiger partial charge is 0.369 e. The second-order valence-electron chi connectivity index (χ2n) is 5.56. The summed E-state index contributed by atoms with van der Waals surface area (Å²) in [5.41, 5.74) is 11.8. The molecule has 0 unspecified atom stereocenters. The minimum Gasteiger partial charge on any atom is -0.369 e. The Morgan fingerprint density at radius 3 is 2.56 bits per heavy atom. The van der Waals surface area contributed by atoms with Gasteiger partial charge in [-0.2, -0.15) is 4.98 Å². The molecule has 0 amide bonds. The number of aromatic amines is 1. The molecular formula is C11H18N6O. The van der Waals surface area contributed by atoms with E-state index in [9.17, 15) is 4.79 Å². The molecule has 0 bridgehead atoms. The first-order valence-corrected chi connectivity index (χ1v) is 5.79. The first-order valence-electron chi connectivity index (χ1n) is 5.79. The van der Waals surface area contributed by atoms with Crippen molar-refractivity contribution in [1.29, 1.82) is 0 Å². The summed E-state index contributed by atoms with van der Waals surface area (Å²) in [7, 11) is 0. The Hall–Kier alpha value is -2.05. The van der Waals surface area contributed by atoms with Crippen LogP contribution in [-0.4, -0.2) is 19.5 Å². The number of H-pyrrole nitrogens is 1. The van der Waals surface area contributed by atoms with E-state index in [-0.39, 0.29) is 28.4 Å². The van der Waals surface area contributed by atoms with Crippen LogP contribution in [0, 0.1) is 5.41 Å². The number of anilines is 2. The van der Waals surface area contributed by atoms with Crippen molar-refractivity contribution in [3.05, 3.63) is 10.4 Å². The van der Waals surface area contributed by atoms with Gasteiger partial charge in [0.1, 0.15) is 0 Å². The first-order chi connectivity index (χ1) is 8.28. The lowest BCUT2D eigenvalue weighted by Crippen LogP contribution is -2.14. The Labute approximate surface area is 104 Å². The predicted molar refractivity (Wildman–Crippen MR) is 71.0 cm³/mol. The molecular weight excluding hydrogens is 232 g/mol. The highest BCUT2D eigenvalue weighted by Crippen LogP contribution is 2.22. The van der Waals surface area contributed by atoms with Crippen LogP contribution in [0.15, 0.2) is 4.79 Å². The standard InChI is InChI=1S/C11H18N6O/c1-11(2,3)4-5-17-7-6(14-10(17)13)8(18)16-9(12)15-7/h4-5H2,1-3H3,(H2,13,14)(H3,12,15,16,18). The van der Waals surface area contributed by atoms with E-state index in [0.717, 1.165) is 6.42 Å². The van der Waals surface area contributed by atoms with Gasteiger partial charge in [-0.05, 0) is 11.8 Å². The fourth-order valence-electron chi connectivity index (χ4n) is 1.71. The summed E-state index contributed by atoms with van der Waals surface area (Å²) < 4.78 is 1.73. The molecule has 0 saturated carbocycles. The van der Waals surface area contributed by atoms with Crippen LogP contribution in [-0.2, 0) is 6.54 Å². The molecule has 2 aromatic rings. The molecule has 0 aliphatic carbocycles.